The Bertz CT molecular complexity index is 1280. The maximum absolute atomic E-state index is 13.3. The monoisotopic (exact) mass is 515 g/mol. The van der Waals surface area contributed by atoms with Crippen LogP contribution in [0.15, 0.2) is 58.7 Å². The van der Waals surface area contributed by atoms with Crippen LogP contribution >= 0.6 is 12.2 Å². The number of benzene rings is 2. The molecule has 0 aliphatic heterocycles. The second-order valence-corrected chi connectivity index (χ2v) is 10.4. The molecule has 0 unspecified atom stereocenters. The van der Waals surface area contributed by atoms with E-state index in [1.54, 1.807) is 29.8 Å². The normalized spacial score (nSPS) is 11.9. The minimum atomic E-state index is -3.58. The number of nitrogens with zero attached hydrogens (tertiary/aromatic N) is 3. The van der Waals surface area contributed by atoms with Gasteiger partial charge in [0.05, 0.1) is 18.2 Å². The molecule has 2 N–H and O–H groups in total. The van der Waals surface area contributed by atoms with Gasteiger partial charge in [0.15, 0.2) is 5.11 Å². The number of fused-ring (bicyclic) bond motifs is 1. The highest BCUT2D eigenvalue weighted by Gasteiger charge is 2.24. The topological polar surface area (TPSA) is 88.0 Å². The summed E-state index contributed by atoms with van der Waals surface area (Å²) >= 11 is 5.33. The second kappa shape index (κ2) is 12.1. The number of aryl methyl sites for hydroxylation is 1. The summed E-state index contributed by atoms with van der Waals surface area (Å²) in [6.07, 6.45) is 5.15. The number of hydrogen-bond donors (Lipinski definition) is 2. The van der Waals surface area contributed by atoms with Crippen molar-refractivity contribution in [3.63, 3.8) is 0 Å². The number of ether oxygens (including phenoxy) is 1. The number of anilines is 1. The van der Waals surface area contributed by atoms with E-state index in [1.165, 1.54) is 0 Å². The molecule has 3 rings (SSSR count). The van der Waals surface area contributed by atoms with Gasteiger partial charge in [-0.3, -0.25) is 5.43 Å². The molecule has 35 heavy (non-hydrogen) atoms. The molecular weight excluding hydrogens is 482 g/mol. The van der Waals surface area contributed by atoms with Crippen molar-refractivity contribution in [2.45, 2.75) is 45.1 Å². The van der Waals surface area contributed by atoms with E-state index in [1.807, 2.05) is 57.3 Å². The first-order valence-corrected chi connectivity index (χ1v) is 13.6. The molecule has 0 amide bonds. The number of nitrogens with one attached hydrogen (secondary N) is 2. The molecule has 0 fully saturated rings. The van der Waals surface area contributed by atoms with Gasteiger partial charge < -0.3 is 14.6 Å². The van der Waals surface area contributed by atoms with Crippen LogP contribution in [0, 0.1) is 0 Å². The first-order valence-electron chi connectivity index (χ1n) is 11.7. The van der Waals surface area contributed by atoms with Crippen LogP contribution < -0.4 is 15.5 Å². The average Bonchev–Trinajstić information content (AvgIpc) is 3.21. The molecule has 8 nitrogen and oxygen atoms in total. The fraction of sp³-hybridized carbons (Fsp3) is 0.360. The Morgan fingerprint density at radius 2 is 1.80 bits per heavy atom. The van der Waals surface area contributed by atoms with E-state index >= 15 is 0 Å². The lowest BCUT2D eigenvalue weighted by Gasteiger charge is -2.21. The van der Waals surface area contributed by atoms with Crippen molar-refractivity contribution in [2.24, 2.45) is 5.10 Å². The average molecular weight is 516 g/mol. The number of hydrogen-bond acceptors (Lipinski definition) is 5. The lowest BCUT2D eigenvalue weighted by molar-refractivity contribution is 0.410. The zero-order valence-electron chi connectivity index (χ0n) is 20.6. The third kappa shape index (κ3) is 6.39. The van der Waals surface area contributed by atoms with Gasteiger partial charge >= 0.3 is 0 Å². The van der Waals surface area contributed by atoms with E-state index in [0.29, 0.717) is 23.1 Å². The first kappa shape index (κ1) is 26.7. The Labute approximate surface area is 213 Å². The molecule has 1 aromatic heterocycles. The maximum atomic E-state index is 13.3. The van der Waals surface area contributed by atoms with Crippen LogP contribution in [0.4, 0.5) is 5.69 Å². The van der Waals surface area contributed by atoms with Crippen molar-refractivity contribution in [1.82, 2.24) is 14.3 Å². The van der Waals surface area contributed by atoms with Crippen molar-refractivity contribution in [3.8, 4) is 5.75 Å². The zero-order valence-corrected chi connectivity index (χ0v) is 22.2. The zero-order chi connectivity index (χ0) is 25.4. The summed E-state index contributed by atoms with van der Waals surface area (Å²) in [5.41, 5.74) is 5.38. The summed E-state index contributed by atoms with van der Waals surface area (Å²) < 4.78 is 35.4. The molecule has 0 radical (unpaired) electrons. The Morgan fingerprint density at radius 1 is 1.11 bits per heavy atom. The Balaban J connectivity index is 1.83. The third-order valence-corrected chi connectivity index (χ3v) is 7.61. The largest absolute Gasteiger partial charge is 0.497 e. The number of rotatable bonds is 11. The Kier molecular flexibility index (Phi) is 9.25. The second-order valence-electron chi connectivity index (χ2n) is 8.01. The highest BCUT2D eigenvalue weighted by molar-refractivity contribution is 7.89. The predicted molar refractivity (Wildman–Crippen MR) is 147 cm³/mol. The van der Waals surface area contributed by atoms with Gasteiger partial charge in [-0.25, -0.2) is 8.42 Å². The summed E-state index contributed by atoms with van der Waals surface area (Å²) in [7, 11) is -1.97. The van der Waals surface area contributed by atoms with E-state index in [9.17, 15) is 8.42 Å². The van der Waals surface area contributed by atoms with Crippen molar-refractivity contribution < 1.29 is 13.2 Å². The molecule has 0 atom stereocenters. The van der Waals surface area contributed by atoms with Crippen LogP contribution in [0.1, 0.15) is 39.2 Å². The summed E-state index contributed by atoms with van der Waals surface area (Å²) in [6, 6.07) is 12.7. The van der Waals surface area contributed by atoms with E-state index < -0.39 is 10.0 Å². The molecule has 0 bridgehead atoms. The van der Waals surface area contributed by atoms with E-state index in [-0.39, 0.29) is 0 Å². The summed E-state index contributed by atoms with van der Waals surface area (Å²) in [5, 5.41) is 8.49. The molecule has 0 saturated heterocycles. The minimum absolute atomic E-state index is 0.292. The van der Waals surface area contributed by atoms with Crippen molar-refractivity contribution >= 4 is 50.2 Å². The van der Waals surface area contributed by atoms with Crippen LogP contribution in [-0.4, -0.2) is 48.8 Å². The summed E-state index contributed by atoms with van der Waals surface area (Å²) in [6.45, 7) is 7.76. The van der Waals surface area contributed by atoms with Gasteiger partial charge in [0.25, 0.3) is 0 Å². The molecule has 3 aromatic rings. The van der Waals surface area contributed by atoms with Crippen LogP contribution in [0.3, 0.4) is 0 Å². The lowest BCUT2D eigenvalue weighted by Crippen LogP contribution is -2.32. The fourth-order valence-electron chi connectivity index (χ4n) is 3.82. The molecule has 188 valence electrons. The quantitative estimate of drug-likeness (QED) is 0.217. The molecule has 0 aliphatic carbocycles. The predicted octanol–water partition coefficient (Wildman–Crippen LogP) is 4.80. The Hall–Kier alpha value is -2.95. The van der Waals surface area contributed by atoms with Crippen molar-refractivity contribution in [3.05, 3.63) is 54.2 Å². The number of methoxy groups -OCH3 is 1. The summed E-state index contributed by atoms with van der Waals surface area (Å²) in [4.78, 5) is 0.292. The number of sulfonamides is 1. The lowest BCUT2D eigenvalue weighted by atomic mass is 10.2. The van der Waals surface area contributed by atoms with E-state index in [2.05, 4.69) is 20.4 Å². The van der Waals surface area contributed by atoms with Gasteiger partial charge in [0.2, 0.25) is 10.0 Å². The van der Waals surface area contributed by atoms with Crippen molar-refractivity contribution in [1.29, 1.82) is 0 Å². The highest BCUT2D eigenvalue weighted by Crippen LogP contribution is 2.26. The van der Waals surface area contributed by atoms with Gasteiger partial charge in [-0.2, -0.15) is 9.41 Å². The van der Waals surface area contributed by atoms with Gasteiger partial charge in [0.1, 0.15) is 5.75 Å². The summed E-state index contributed by atoms with van der Waals surface area (Å²) in [5.74, 6) is 0.758. The highest BCUT2D eigenvalue weighted by atomic mass is 32.2. The molecule has 0 spiro atoms. The van der Waals surface area contributed by atoms with E-state index in [0.717, 1.165) is 47.3 Å². The van der Waals surface area contributed by atoms with Crippen molar-refractivity contribution in [2.75, 3.05) is 25.5 Å². The molecule has 1 heterocycles. The van der Waals surface area contributed by atoms with Crippen LogP contribution in [0.5, 0.6) is 5.75 Å². The molecule has 0 saturated carbocycles. The molecule has 10 heteroatoms. The van der Waals surface area contributed by atoms with Gasteiger partial charge in [-0.15, -0.1) is 0 Å². The number of hydrazone groups is 1. The van der Waals surface area contributed by atoms with Crippen LogP contribution in [0.25, 0.3) is 10.9 Å². The third-order valence-electron chi connectivity index (χ3n) is 5.53. The molecule has 0 aliphatic rings. The number of thiocarbonyl (C=S) groups is 1. The smallest absolute Gasteiger partial charge is 0.243 e. The van der Waals surface area contributed by atoms with Gasteiger partial charge in [0, 0.05) is 48.0 Å². The number of aromatic nitrogens is 1. The molecule has 2 aromatic carbocycles. The first-order chi connectivity index (χ1) is 16.8. The SMILES string of the molecule is CCCN(CCC)S(=O)(=O)c1ccc2c(c1)c(/C=N/NC(=S)Nc1ccc(OC)cc1)cn2CC. The van der Waals surface area contributed by atoms with Gasteiger partial charge in [-0.1, -0.05) is 13.8 Å². The Morgan fingerprint density at radius 3 is 2.40 bits per heavy atom. The van der Waals surface area contributed by atoms with Crippen LogP contribution in [0.2, 0.25) is 0 Å². The molecular formula is C25H33N5O3S2. The minimum Gasteiger partial charge on any atom is -0.497 e. The van der Waals surface area contributed by atoms with E-state index in [4.69, 9.17) is 17.0 Å². The van der Waals surface area contributed by atoms with Crippen LogP contribution in [-0.2, 0) is 16.6 Å². The standard InChI is InChI=1S/C25H33N5O3S2/c1-5-14-30(15-6-2)35(31,32)22-12-13-24-23(16-22)19(18-29(24)7-3)17-26-28-25(34)27-20-8-10-21(33-4)11-9-20/h8-13,16-18H,5-7,14-15H2,1-4H3,(H2,27,28,34)/b26-17+. The van der Waals surface area contributed by atoms with Gasteiger partial charge in [-0.05, 0) is 74.4 Å². The fourth-order valence-corrected chi connectivity index (χ4v) is 5.64. The maximum Gasteiger partial charge on any atom is 0.243 e.